The lowest BCUT2D eigenvalue weighted by molar-refractivity contribution is 0.210. The van der Waals surface area contributed by atoms with Crippen LogP contribution in [0.5, 0.6) is 5.75 Å². The third-order valence-corrected chi connectivity index (χ3v) is 8.10. The second-order valence-corrected chi connectivity index (χ2v) is 10.9. The zero-order valence-electron chi connectivity index (χ0n) is 20.6. The van der Waals surface area contributed by atoms with Crippen LogP contribution in [0.2, 0.25) is 0 Å². The maximum absolute atomic E-state index is 6.51. The molecule has 0 spiro atoms. The Kier molecular flexibility index (Phi) is 6.74. The highest BCUT2D eigenvalue weighted by atomic mass is 79.9. The van der Waals surface area contributed by atoms with Crippen LogP contribution in [0, 0.1) is 6.92 Å². The molecule has 6 rings (SSSR count). The lowest BCUT2D eigenvalue weighted by Crippen LogP contribution is -2.29. The molecule has 2 aromatic carbocycles. The Morgan fingerprint density at radius 1 is 1.03 bits per heavy atom. The number of hydrogen-bond donors (Lipinski definition) is 1. The highest BCUT2D eigenvalue weighted by molar-refractivity contribution is 9.10. The quantitative estimate of drug-likeness (QED) is 0.236. The van der Waals surface area contributed by atoms with E-state index in [0.29, 0.717) is 11.2 Å². The summed E-state index contributed by atoms with van der Waals surface area (Å²) in [6, 6.07) is 24.1. The molecule has 2 aliphatic rings. The summed E-state index contributed by atoms with van der Waals surface area (Å²) in [5, 5.41) is 4.14. The van der Waals surface area contributed by atoms with E-state index in [0.717, 1.165) is 51.5 Å². The van der Waals surface area contributed by atoms with Crippen LogP contribution >= 0.6 is 28.1 Å². The number of thiocarbonyl (C=S) groups is 1. The summed E-state index contributed by atoms with van der Waals surface area (Å²) >= 11 is 9.56. The predicted octanol–water partition coefficient (Wildman–Crippen LogP) is 7.91. The standard InChI is InChI=1S/C30H28BrN3O2S/c1-19-9-14-23(24(31)18-19)26-15-16-27(36-26)29-28(25-8-4-5-17-32-25)33-30(37)34(29)20-10-12-22(13-11-20)35-21-6-2-3-7-21/h4-5,8-18,21,28-29H,2-3,6-7H2,1H3,(H,33,37)/t28-,29-/m0/s1. The third-order valence-electron chi connectivity index (χ3n) is 7.13. The molecule has 37 heavy (non-hydrogen) atoms. The number of hydrogen-bond acceptors (Lipinski definition) is 4. The van der Waals surface area contributed by atoms with Gasteiger partial charge >= 0.3 is 0 Å². The molecule has 7 heteroatoms. The highest BCUT2D eigenvalue weighted by Crippen LogP contribution is 2.44. The van der Waals surface area contributed by atoms with E-state index in [4.69, 9.17) is 21.4 Å². The zero-order chi connectivity index (χ0) is 25.4. The van der Waals surface area contributed by atoms with Gasteiger partial charge in [0, 0.05) is 21.9 Å². The summed E-state index contributed by atoms with van der Waals surface area (Å²) in [5.74, 6) is 2.52. The average Bonchev–Trinajstić information content (AvgIpc) is 3.66. The molecule has 1 aliphatic carbocycles. The van der Waals surface area contributed by atoms with Crippen LogP contribution in [0.4, 0.5) is 5.69 Å². The third kappa shape index (κ3) is 4.90. The van der Waals surface area contributed by atoms with Gasteiger partial charge < -0.3 is 19.4 Å². The van der Waals surface area contributed by atoms with Crippen LogP contribution in [0.25, 0.3) is 11.3 Å². The SMILES string of the molecule is Cc1ccc(-c2ccc([C@H]3[C@H](c4ccccn4)NC(=S)N3c3ccc(OC4CCCC4)cc3)o2)c(Br)c1. The van der Waals surface area contributed by atoms with Crippen molar-refractivity contribution in [3.8, 4) is 17.1 Å². The van der Waals surface area contributed by atoms with Gasteiger partial charge in [-0.05, 0) is 111 Å². The zero-order valence-corrected chi connectivity index (χ0v) is 23.0. The molecule has 188 valence electrons. The first-order valence-electron chi connectivity index (χ1n) is 12.7. The molecule has 2 atom stereocenters. The summed E-state index contributed by atoms with van der Waals surface area (Å²) in [4.78, 5) is 6.77. The van der Waals surface area contributed by atoms with Gasteiger partial charge in [-0.15, -0.1) is 0 Å². The van der Waals surface area contributed by atoms with Crippen molar-refractivity contribution in [2.45, 2.75) is 50.8 Å². The van der Waals surface area contributed by atoms with E-state index in [2.05, 4.69) is 68.4 Å². The molecule has 4 aromatic rings. The van der Waals surface area contributed by atoms with E-state index in [-0.39, 0.29) is 12.1 Å². The molecule has 1 saturated heterocycles. The average molecular weight is 575 g/mol. The fourth-order valence-electron chi connectivity index (χ4n) is 5.28. The normalized spacial score (nSPS) is 19.8. The first-order valence-corrected chi connectivity index (χ1v) is 13.9. The number of halogens is 1. The number of nitrogens with zero attached hydrogens (tertiary/aromatic N) is 2. The van der Waals surface area contributed by atoms with Crippen molar-refractivity contribution in [3.63, 3.8) is 0 Å². The van der Waals surface area contributed by atoms with E-state index >= 15 is 0 Å². The van der Waals surface area contributed by atoms with Gasteiger partial charge in [0.1, 0.15) is 23.3 Å². The molecule has 3 heterocycles. The number of aryl methyl sites for hydroxylation is 1. The molecule has 2 aromatic heterocycles. The number of ether oxygens (including phenoxy) is 1. The molecule has 0 bridgehead atoms. The first kappa shape index (κ1) is 24.2. The topological polar surface area (TPSA) is 50.5 Å². The summed E-state index contributed by atoms with van der Waals surface area (Å²) in [6.45, 7) is 2.08. The van der Waals surface area contributed by atoms with Crippen molar-refractivity contribution in [2.75, 3.05) is 4.90 Å². The Balaban J connectivity index is 1.36. The molecule has 0 radical (unpaired) electrons. The first-order chi connectivity index (χ1) is 18.1. The minimum absolute atomic E-state index is 0.163. The van der Waals surface area contributed by atoms with Crippen LogP contribution in [0.1, 0.15) is 54.8 Å². The molecule has 1 saturated carbocycles. The number of nitrogens with one attached hydrogen (secondary N) is 1. The maximum atomic E-state index is 6.51. The van der Waals surface area contributed by atoms with E-state index in [1.165, 1.54) is 18.4 Å². The monoisotopic (exact) mass is 573 g/mol. The van der Waals surface area contributed by atoms with Gasteiger partial charge in [-0.2, -0.15) is 0 Å². The van der Waals surface area contributed by atoms with Gasteiger partial charge in [0.2, 0.25) is 0 Å². The van der Waals surface area contributed by atoms with E-state index in [1.54, 1.807) is 0 Å². The smallest absolute Gasteiger partial charge is 0.174 e. The van der Waals surface area contributed by atoms with Crippen molar-refractivity contribution in [2.24, 2.45) is 0 Å². The molecule has 1 N–H and O–H groups in total. The number of aromatic nitrogens is 1. The number of rotatable bonds is 6. The van der Waals surface area contributed by atoms with Gasteiger partial charge in [0.15, 0.2) is 5.11 Å². The van der Waals surface area contributed by atoms with Crippen LogP contribution in [0.15, 0.2) is 87.9 Å². The Morgan fingerprint density at radius 3 is 2.57 bits per heavy atom. The Hall–Kier alpha value is -3.16. The van der Waals surface area contributed by atoms with Crippen molar-refractivity contribution in [1.29, 1.82) is 0 Å². The second kappa shape index (κ2) is 10.3. The largest absolute Gasteiger partial charge is 0.490 e. The summed E-state index contributed by atoms with van der Waals surface area (Å²) in [7, 11) is 0. The molecular formula is C30H28BrN3O2S. The minimum atomic E-state index is -0.207. The number of furan rings is 1. The van der Waals surface area contributed by atoms with E-state index in [9.17, 15) is 0 Å². The van der Waals surface area contributed by atoms with E-state index in [1.807, 2.05) is 48.7 Å². The Bertz CT molecular complexity index is 1400. The minimum Gasteiger partial charge on any atom is -0.490 e. The lowest BCUT2D eigenvalue weighted by atomic mass is 10.0. The molecule has 0 unspecified atom stereocenters. The summed E-state index contributed by atoms with van der Waals surface area (Å²) < 4.78 is 13.7. The molecule has 0 amide bonds. The van der Waals surface area contributed by atoms with Crippen LogP contribution in [0.3, 0.4) is 0 Å². The van der Waals surface area contributed by atoms with Crippen molar-refractivity contribution in [1.82, 2.24) is 10.3 Å². The maximum Gasteiger partial charge on any atom is 0.174 e. The summed E-state index contributed by atoms with van der Waals surface area (Å²) in [6.07, 6.45) is 6.89. The molecule has 1 aliphatic heterocycles. The van der Waals surface area contributed by atoms with Gasteiger partial charge in [-0.3, -0.25) is 4.98 Å². The lowest BCUT2D eigenvalue weighted by Gasteiger charge is -2.26. The van der Waals surface area contributed by atoms with Gasteiger partial charge in [-0.1, -0.05) is 28.1 Å². The van der Waals surface area contributed by atoms with E-state index < -0.39 is 0 Å². The molecule has 5 nitrogen and oxygen atoms in total. The van der Waals surface area contributed by atoms with Crippen molar-refractivity contribution < 1.29 is 9.15 Å². The second-order valence-electron chi connectivity index (χ2n) is 9.70. The van der Waals surface area contributed by atoms with Gasteiger partial charge in [0.05, 0.1) is 17.8 Å². The van der Waals surface area contributed by atoms with Crippen LogP contribution in [-0.2, 0) is 0 Å². The highest BCUT2D eigenvalue weighted by Gasteiger charge is 2.42. The van der Waals surface area contributed by atoms with Gasteiger partial charge in [0.25, 0.3) is 0 Å². The van der Waals surface area contributed by atoms with Gasteiger partial charge in [-0.25, -0.2) is 0 Å². The number of pyridine rings is 1. The van der Waals surface area contributed by atoms with Crippen molar-refractivity contribution in [3.05, 3.63) is 100 Å². The van der Waals surface area contributed by atoms with Crippen LogP contribution < -0.4 is 15.0 Å². The number of anilines is 1. The van der Waals surface area contributed by atoms with Crippen molar-refractivity contribution >= 4 is 38.9 Å². The summed E-state index contributed by atoms with van der Waals surface area (Å²) in [5.41, 5.74) is 4.09. The fraction of sp³-hybridized carbons (Fsp3) is 0.267. The Labute approximate surface area is 231 Å². The molecular weight excluding hydrogens is 546 g/mol. The van der Waals surface area contributed by atoms with Crippen LogP contribution in [-0.4, -0.2) is 16.2 Å². The number of benzene rings is 2. The predicted molar refractivity (Wildman–Crippen MR) is 154 cm³/mol. The Morgan fingerprint density at radius 2 is 1.84 bits per heavy atom. The fourth-order valence-corrected chi connectivity index (χ4v) is 6.32. The molecule has 2 fully saturated rings.